The number of rotatable bonds is 0. The van der Waals surface area contributed by atoms with E-state index in [4.69, 9.17) is 34.7 Å². The van der Waals surface area contributed by atoms with E-state index in [1.165, 1.54) is 5.56 Å². The fourth-order valence-electron chi connectivity index (χ4n) is 1.25. The van der Waals surface area contributed by atoms with Gasteiger partial charge in [0.15, 0.2) is 0 Å². The lowest BCUT2D eigenvalue weighted by atomic mass is 10.2. The Bertz CT molecular complexity index is 451. The minimum absolute atomic E-state index is 0.510. The van der Waals surface area contributed by atoms with E-state index in [0.717, 1.165) is 11.3 Å². The van der Waals surface area contributed by atoms with Gasteiger partial charge in [0.05, 0.1) is 10.7 Å². The first-order valence-electron chi connectivity index (χ1n) is 5.43. The lowest BCUT2D eigenvalue weighted by molar-refractivity contribution is 1.47. The van der Waals surface area contributed by atoms with Crippen molar-refractivity contribution in [3.8, 4) is 0 Å². The summed E-state index contributed by atoms with van der Waals surface area (Å²) < 4.78 is 0. The van der Waals surface area contributed by atoms with Gasteiger partial charge in [0, 0.05) is 10.7 Å². The first-order valence-corrected chi connectivity index (χ1v) is 6.19. The maximum absolute atomic E-state index is 5.75. The van der Waals surface area contributed by atoms with E-state index in [0.29, 0.717) is 15.7 Å². The van der Waals surface area contributed by atoms with E-state index in [1.807, 2.05) is 38.1 Å². The number of nitrogen functional groups attached to an aromatic ring is 2. The first kappa shape index (κ1) is 14.7. The second-order valence-electron chi connectivity index (χ2n) is 4.03. The summed E-state index contributed by atoms with van der Waals surface area (Å²) in [5.41, 5.74) is 14.5. The molecule has 2 nitrogen and oxygen atoms in total. The van der Waals surface area contributed by atoms with Crippen LogP contribution in [0.5, 0.6) is 0 Å². The van der Waals surface area contributed by atoms with Crippen LogP contribution >= 0.6 is 23.2 Å². The molecular weight excluding hydrogens is 267 g/mol. The van der Waals surface area contributed by atoms with Crippen LogP contribution in [0.4, 0.5) is 11.4 Å². The van der Waals surface area contributed by atoms with Crippen LogP contribution in [0.25, 0.3) is 0 Å². The van der Waals surface area contributed by atoms with Gasteiger partial charge >= 0.3 is 0 Å². The molecule has 0 bridgehead atoms. The minimum Gasteiger partial charge on any atom is -0.399 e. The molecule has 0 aliphatic carbocycles. The molecule has 0 spiro atoms. The lowest BCUT2D eigenvalue weighted by Crippen LogP contribution is -1.87. The fourth-order valence-corrected chi connectivity index (χ4v) is 1.63. The van der Waals surface area contributed by atoms with Gasteiger partial charge in [-0.15, -0.1) is 0 Å². The van der Waals surface area contributed by atoms with E-state index in [1.54, 1.807) is 12.1 Å². The van der Waals surface area contributed by atoms with Gasteiger partial charge in [-0.25, -0.2) is 0 Å². The Morgan fingerprint density at radius 2 is 1.39 bits per heavy atom. The standard InChI is InChI=1S/C7H7Cl2N.C7H9N/c1-4-2-7(10)6(9)3-5(4)8;1-6-2-4-7(8)5-3-6/h2-3H,10H2,1H3;2-5H,8H2,1H3. The number of nitrogens with two attached hydrogens (primary N) is 2. The first-order chi connectivity index (χ1) is 8.40. The Labute approximate surface area is 118 Å². The summed E-state index contributed by atoms with van der Waals surface area (Å²) in [5, 5.41) is 1.16. The molecule has 0 unspecified atom stereocenters. The van der Waals surface area contributed by atoms with Crippen molar-refractivity contribution >= 4 is 34.6 Å². The third kappa shape index (κ3) is 4.47. The Kier molecular flexibility index (Phi) is 5.32. The van der Waals surface area contributed by atoms with Crippen molar-refractivity contribution in [2.45, 2.75) is 13.8 Å². The van der Waals surface area contributed by atoms with Gasteiger partial charge in [-0.2, -0.15) is 0 Å². The molecule has 0 aromatic heterocycles. The quantitative estimate of drug-likeness (QED) is 0.701. The molecule has 0 radical (unpaired) electrons. The maximum atomic E-state index is 5.75. The van der Waals surface area contributed by atoms with E-state index in [-0.39, 0.29) is 0 Å². The molecule has 0 heterocycles. The molecule has 0 fully saturated rings. The normalized spacial score (nSPS) is 9.56. The summed E-state index contributed by atoms with van der Waals surface area (Å²) in [4.78, 5) is 0. The average Bonchev–Trinajstić information content (AvgIpc) is 2.31. The Hall–Kier alpha value is -1.38. The molecule has 96 valence electrons. The predicted octanol–water partition coefficient (Wildman–Crippen LogP) is 4.46. The number of anilines is 2. The molecule has 0 saturated carbocycles. The van der Waals surface area contributed by atoms with Crippen molar-refractivity contribution in [1.82, 2.24) is 0 Å². The van der Waals surface area contributed by atoms with Crippen molar-refractivity contribution in [3.05, 3.63) is 57.6 Å². The van der Waals surface area contributed by atoms with Gasteiger partial charge < -0.3 is 11.5 Å². The SMILES string of the molecule is Cc1cc(N)c(Cl)cc1Cl.Cc1ccc(N)cc1. The molecule has 4 N–H and O–H groups in total. The van der Waals surface area contributed by atoms with E-state index in [9.17, 15) is 0 Å². The summed E-state index contributed by atoms with van der Waals surface area (Å²) in [5.74, 6) is 0. The summed E-state index contributed by atoms with van der Waals surface area (Å²) in [6, 6.07) is 11.2. The highest BCUT2D eigenvalue weighted by Gasteiger charge is 1.99. The highest BCUT2D eigenvalue weighted by molar-refractivity contribution is 6.36. The number of benzene rings is 2. The van der Waals surface area contributed by atoms with Crippen LogP contribution in [-0.4, -0.2) is 0 Å². The van der Waals surface area contributed by atoms with Crippen molar-refractivity contribution in [2.75, 3.05) is 11.5 Å². The average molecular weight is 283 g/mol. The number of hydrogen-bond donors (Lipinski definition) is 2. The Balaban J connectivity index is 0.000000184. The predicted molar refractivity (Wildman–Crippen MR) is 81.2 cm³/mol. The number of halogens is 2. The van der Waals surface area contributed by atoms with Gasteiger partial charge in [-0.1, -0.05) is 40.9 Å². The smallest absolute Gasteiger partial charge is 0.0650 e. The van der Waals surface area contributed by atoms with Gasteiger partial charge in [0.25, 0.3) is 0 Å². The van der Waals surface area contributed by atoms with Gasteiger partial charge in [-0.05, 0) is 43.7 Å². The van der Waals surface area contributed by atoms with Gasteiger partial charge in [0.2, 0.25) is 0 Å². The largest absolute Gasteiger partial charge is 0.399 e. The highest BCUT2D eigenvalue weighted by atomic mass is 35.5. The number of aryl methyl sites for hydroxylation is 2. The van der Waals surface area contributed by atoms with E-state index < -0.39 is 0 Å². The molecule has 0 saturated heterocycles. The summed E-state index contributed by atoms with van der Waals surface area (Å²) >= 11 is 11.4. The highest BCUT2D eigenvalue weighted by Crippen LogP contribution is 2.25. The molecule has 0 aliphatic heterocycles. The van der Waals surface area contributed by atoms with Crippen molar-refractivity contribution in [2.24, 2.45) is 0 Å². The zero-order valence-corrected chi connectivity index (χ0v) is 11.9. The van der Waals surface area contributed by atoms with Crippen LogP contribution in [0.3, 0.4) is 0 Å². The molecule has 4 heteroatoms. The van der Waals surface area contributed by atoms with Crippen LogP contribution in [-0.2, 0) is 0 Å². The topological polar surface area (TPSA) is 52.0 Å². The van der Waals surface area contributed by atoms with Gasteiger partial charge in [-0.3, -0.25) is 0 Å². The van der Waals surface area contributed by atoms with Crippen molar-refractivity contribution in [3.63, 3.8) is 0 Å². The number of hydrogen-bond acceptors (Lipinski definition) is 2. The molecule has 0 atom stereocenters. The molecular formula is C14H16Cl2N2. The lowest BCUT2D eigenvalue weighted by Gasteiger charge is -2.00. The fraction of sp³-hybridized carbons (Fsp3) is 0.143. The molecule has 2 aromatic carbocycles. The third-order valence-corrected chi connectivity index (χ3v) is 3.09. The summed E-state index contributed by atoms with van der Waals surface area (Å²) in [6.45, 7) is 3.93. The zero-order chi connectivity index (χ0) is 13.7. The van der Waals surface area contributed by atoms with E-state index >= 15 is 0 Å². The molecule has 0 aliphatic rings. The molecule has 2 rings (SSSR count). The summed E-state index contributed by atoms with van der Waals surface area (Å²) in [6.07, 6.45) is 0. The Morgan fingerprint density at radius 3 is 1.83 bits per heavy atom. The zero-order valence-electron chi connectivity index (χ0n) is 10.4. The van der Waals surface area contributed by atoms with Crippen LogP contribution in [0.15, 0.2) is 36.4 Å². The van der Waals surface area contributed by atoms with Crippen molar-refractivity contribution in [1.29, 1.82) is 0 Å². The minimum atomic E-state index is 0.510. The van der Waals surface area contributed by atoms with Crippen LogP contribution in [0, 0.1) is 13.8 Å². The maximum Gasteiger partial charge on any atom is 0.0650 e. The van der Waals surface area contributed by atoms with E-state index in [2.05, 4.69) is 0 Å². The molecule has 2 aromatic rings. The second kappa shape index (κ2) is 6.53. The van der Waals surface area contributed by atoms with Crippen LogP contribution < -0.4 is 11.5 Å². The molecule has 0 amide bonds. The van der Waals surface area contributed by atoms with Gasteiger partial charge in [0.1, 0.15) is 0 Å². The monoisotopic (exact) mass is 282 g/mol. The van der Waals surface area contributed by atoms with Crippen LogP contribution in [0.2, 0.25) is 10.0 Å². The Morgan fingerprint density at radius 1 is 0.833 bits per heavy atom. The second-order valence-corrected chi connectivity index (χ2v) is 4.85. The third-order valence-electron chi connectivity index (χ3n) is 2.36. The van der Waals surface area contributed by atoms with Crippen molar-refractivity contribution < 1.29 is 0 Å². The summed E-state index contributed by atoms with van der Waals surface area (Å²) in [7, 11) is 0. The van der Waals surface area contributed by atoms with Crippen LogP contribution in [0.1, 0.15) is 11.1 Å². The molecule has 18 heavy (non-hydrogen) atoms.